The zero-order valence-corrected chi connectivity index (χ0v) is 11.0. The minimum absolute atomic E-state index is 0.137. The van der Waals surface area contributed by atoms with Gasteiger partial charge in [-0.25, -0.2) is 4.79 Å². The lowest BCUT2D eigenvalue weighted by Gasteiger charge is -2.42. The molecule has 1 amide bonds. The standard InChI is InChI=1S/C11H17N3O3S/c1-13-4-2-11(3-5-13)7(10(16)17)14-8(15)6(12)9(14)18-11/h6-7,9H,2-5,12H2,1H3,(H,16,17). The summed E-state index contributed by atoms with van der Waals surface area (Å²) in [4.78, 5) is 27.0. The smallest absolute Gasteiger partial charge is 0.327 e. The third-order valence-electron chi connectivity index (χ3n) is 4.32. The molecule has 3 heterocycles. The molecular weight excluding hydrogens is 254 g/mol. The van der Waals surface area contributed by atoms with Crippen molar-refractivity contribution in [2.24, 2.45) is 5.73 Å². The lowest BCUT2D eigenvalue weighted by molar-refractivity contribution is -0.159. The second kappa shape index (κ2) is 3.85. The van der Waals surface area contributed by atoms with Crippen LogP contribution in [0.3, 0.4) is 0 Å². The van der Waals surface area contributed by atoms with Gasteiger partial charge in [-0.1, -0.05) is 0 Å². The molecule has 3 saturated heterocycles. The molecule has 3 N–H and O–H groups in total. The van der Waals surface area contributed by atoms with Crippen LogP contribution in [0.5, 0.6) is 0 Å². The molecule has 7 heteroatoms. The van der Waals surface area contributed by atoms with Crippen molar-refractivity contribution >= 4 is 23.6 Å². The number of nitrogens with two attached hydrogens (primary N) is 1. The van der Waals surface area contributed by atoms with E-state index < -0.39 is 18.1 Å². The molecule has 0 aromatic rings. The number of carbonyl (C=O) groups is 2. The molecule has 3 aliphatic rings. The molecule has 0 aromatic carbocycles. The van der Waals surface area contributed by atoms with Crippen LogP contribution in [0, 0.1) is 0 Å². The summed E-state index contributed by atoms with van der Waals surface area (Å²) in [6.07, 6.45) is 1.61. The topological polar surface area (TPSA) is 86.9 Å². The normalized spacial score (nSPS) is 38.7. The molecule has 3 atom stereocenters. The highest BCUT2D eigenvalue weighted by Crippen LogP contribution is 2.54. The van der Waals surface area contributed by atoms with Crippen LogP contribution in [-0.2, 0) is 9.59 Å². The zero-order chi connectivity index (χ0) is 13.1. The van der Waals surface area contributed by atoms with Gasteiger partial charge in [0, 0.05) is 0 Å². The number of carboxylic acid groups (broad SMARTS) is 1. The van der Waals surface area contributed by atoms with Crippen LogP contribution in [0.25, 0.3) is 0 Å². The molecule has 18 heavy (non-hydrogen) atoms. The third kappa shape index (κ3) is 1.44. The van der Waals surface area contributed by atoms with E-state index in [2.05, 4.69) is 4.90 Å². The molecule has 6 nitrogen and oxygen atoms in total. The Kier molecular flexibility index (Phi) is 2.62. The predicted molar refractivity (Wildman–Crippen MR) is 67.1 cm³/mol. The first-order valence-electron chi connectivity index (χ1n) is 6.13. The van der Waals surface area contributed by atoms with Crippen molar-refractivity contribution in [1.82, 2.24) is 9.80 Å². The monoisotopic (exact) mass is 271 g/mol. The van der Waals surface area contributed by atoms with Gasteiger partial charge in [-0.15, -0.1) is 11.8 Å². The Hall–Kier alpha value is -0.790. The summed E-state index contributed by atoms with van der Waals surface area (Å²) in [6.45, 7) is 1.75. The van der Waals surface area contributed by atoms with Crippen LogP contribution < -0.4 is 5.73 Å². The fraction of sp³-hybridized carbons (Fsp3) is 0.818. The summed E-state index contributed by atoms with van der Waals surface area (Å²) in [5.74, 6) is -1.11. The van der Waals surface area contributed by atoms with E-state index in [1.165, 1.54) is 4.90 Å². The number of carbonyl (C=O) groups excluding carboxylic acids is 1. The minimum Gasteiger partial charge on any atom is -0.480 e. The van der Waals surface area contributed by atoms with Gasteiger partial charge in [0.05, 0.1) is 4.75 Å². The highest BCUT2D eigenvalue weighted by Gasteiger charge is 2.65. The average Bonchev–Trinajstić information content (AvgIpc) is 2.65. The van der Waals surface area contributed by atoms with E-state index in [9.17, 15) is 14.7 Å². The van der Waals surface area contributed by atoms with E-state index >= 15 is 0 Å². The maximum Gasteiger partial charge on any atom is 0.327 e. The van der Waals surface area contributed by atoms with Gasteiger partial charge in [-0.05, 0) is 33.0 Å². The predicted octanol–water partition coefficient (Wildman–Crippen LogP) is -0.854. The SMILES string of the molecule is CN1CCC2(CC1)SC1C(N)C(=O)N1C2C(=O)O. The number of hydrogen-bond acceptors (Lipinski definition) is 5. The van der Waals surface area contributed by atoms with Crippen molar-refractivity contribution in [3.8, 4) is 0 Å². The molecule has 0 aromatic heterocycles. The highest BCUT2D eigenvalue weighted by molar-refractivity contribution is 8.01. The largest absolute Gasteiger partial charge is 0.480 e. The molecule has 0 bridgehead atoms. The van der Waals surface area contributed by atoms with Crippen molar-refractivity contribution < 1.29 is 14.7 Å². The van der Waals surface area contributed by atoms with E-state index in [1.807, 2.05) is 7.05 Å². The molecular formula is C11H17N3O3S. The van der Waals surface area contributed by atoms with Gasteiger partial charge < -0.3 is 20.6 Å². The number of nitrogens with zero attached hydrogens (tertiary/aromatic N) is 2. The van der Waals surface area contributed by atoms with Gasteiger partial charge in [0.25, 0.3) is 0 Å². The summed E-state index contributed by atoms with van der Waals surface area (Å²) in [6, 6.07) is -1.22. The first-order valence-corrected chi connectivity index (χ1v) is 7.01. The number of hydrogen-bond donors (Lipinski definition) is 2. The first-order chi connectivity index (χ1) is 8.46. The van der Waals surface area contributed by atoms with Gasteiger partial charge in [0.2, 0.25) is 5.91 Å². The Labute approximate surface area is 109 Å². The Balaban J connectivity index is 1.90. The van der Waals surface area contributed by atoms with Gasteiger partial charge in [-0.3, -0.25) is 4.79 Å². The molecule has 0 saturated carbocycles. The zero-order valence-electron chi connectivity index (χ0n) is 10.2. The Bertz CT molecular complexity index is 408. The highest BCUT2D eigenvalue weighted by atomic mass is 32.2. The number of likely N-dealkylation sites (tertiary alicyclic amines) is 1. The first kappa shape index (κ1) is 12.3. The van der Waals surface area contributed by atoms with Gasteiger partial charge >= 0.3 is 5.97 Å². The molecule has 3 aliphatic heterocycles. The average molecular weight is 271 g/mol. The van der Waals surface area contributed by atoms with Crippen LogP contribution in [0.15, 0.2) is 0 Å². The minimum atomic E-state index is -0.894. The van der Waals surface area contributed by atoms with Crippen molar-refractivity contribution in [1.29, 1.82) is 0 Å². The number of carboxylic acids is 1. The van der Waals surface area contributed by atoms with E-state index in [0.29, 0.717) is 0 Å². The molecule has 0 radical (unpaired) electrons. The number of rotatable bonds is 1. The summed E-state index contributed by atoms with van der Waals surface area (Å²) in [5.41, 5.74) is 5.77. The molecule has 3 rings (SSSR count). The van der Waals surface area contributed by atoms with Crippen LogP contribution in [0.2, 0.25) is 0 Å². The van der Waals surface area contributed by atoms with Crippen molar-refractivity contribution in [3.63, 3.8) is 0 Å². The van der Waals surface area contributed by atoms with Crippen LogP contribution in [0.1, 0.15) is 12.8 Å². The van der Waals surface area contributed by atoms with E-state index in [0.717, 1.165) is 25.9 Å². The van der Waals surface area contributed by atoms with Gasteiger partial charge in [0.15, 0.2) is 0 Å². The number of fused-ring (bicyclic) bond motifs is 1. The molecule has 0 aliphatic carbocycles. The Morgan fingerprint density at radius 2 is 2.11 bits per heavy atom. The van der Waals surface area contributed by atoms with Crippen LogP contribution in [0.4, 0.5) is 0 Å². The number of thioether (sulfide) groups is 1. The van der Waals surface area contributed by atoms with Gasteiger partial charge in [-0.2, -0.15) is 0 Å². The summed E-state index contributed by atoms with van der Waals surface area (Å²) < 4.78 is -0.340. The Morgan fingerprint density at radius 1 is 1.50 bits per heavy atom. The van der Waals surface area contributed by atoms with Crippen LogP contribution in [-0.4, -0.2) is 69.1 Å². The molecule has 3 fully saturated rings. The van der Waals surface area contributed by atoms with Crippen molar-refractivity contribution in [2.45, 2.75) is 35.0 Å². The van der Waals surface area contributed by atoms with Crippen molar-refractivity contribution in [3.05, 3.63) is 0 Å². The molecule has 100 valence electrons. The fourth-order valence-electron chi connectivity index (χ4n) is 3.21. The maximum atomic E-state index is 11.8. The van der Waals surface area contributed by atoms with E-state index in [1.54, 1.807) is 11.8 Å². The second-order valence-corrected chi connectivity index (χ2v) is 6.92. The van der Waals surface area contributed by atoms with Crippen molar-refractivity contribution in [2.75, 3.05) is 20.1 Å². The number of β-lactam (4-membered cyclic amide) rings is 1. The summed E-state index contributed by atoms with van der Waals surface area (Å²) >= 11 is 1.61. The maximum absolute atomic E-state index is 11.8. The number of aliphatic carboxylic acids is 1. The molecule has 1 spiro atoms. The van der Waals surface area contributed by atoms with E-state index in [4.69, 9.17) is 5.73 Å². The molecule has 3 unspecified atom stereocenters. The quantitative estimate of drug-likeness (QED) is 0.604. The summed E-state index contributed by atoms with van der Waals surface area (Å²) in [5, 5.41) is 9.32. The Morgan fingerprint density at radius 3 is 2.67 bits per heavy atom. The number of amides is 1. The third-order valence-corrected chi connectivity index (χ3v) is 6.18. The number of piperidine rings is 1. The van der Waals surface area contributed by atoms with E-state index in [-0.39, 0.29) is 16.0 Å². The summed E-state index contributed by atoms with van der Waals surface area (Å²) in [7, 11) is 2.04. The van der Waals surface area contributed by atoms with Crippen LogP contribution >= 0.6 is 11.8 Å². The lowest BCUT2D eigenvalue weighted by atomic mass is 9.86. The lowest BCUT2D eigenvalue weighted by Crippen LogP contribution is -2.69. The second-order valence-electron chi connectivity index (χ2n) is 5.39. The van der Waals surface area contributed by atoms with Gasteiger partial charge in [0.1, 0.15) is 17.5 Å². The fourth-order valence-corrected chi connectivity index (χ4v) is 5.05.